The highest BCUT2D eigenvalue weighted by Gasteiger charge is 2.36. The molecule has 1 aromatic rings. The number of rotatable bonds is 7. The SMILES string of the molecule is CC(C)N(CC1CCN(C(=O)OC(C)(C)C)CC1)C1CC(Cc2ccc(C(=O)O)cc2)C1. The number of benzene rings is 1. The van der Waals surface area contributed by atoms with Crippen LogP contribution in [-0.2, 0) is 11.2 Å². The third kappa shape index (κ3) is 6.71. The Hall–Kier alpha value is -2.08. The molecule has 1 heterocycles. The Labute approximate surface area is 192 Å². The van der Waals surface area contributed by atoms with E-state index in [-0.39, 0.29) is 6.09 Å². The van der Waals surface area contributed by atoms with Crippen LogP contribution in [-0.4, -0.2) is 64.3 Å². The summed E-state index contributed by atoms with van der Waals surface area (Å²) in [5, 5.41) is 9.05. The van der Waals surface area contributed by atoms with Crippen LogP contribution in [0, 0.1) is 11.8 Å². The van der Waals surface area contributed by atoms with Crippen molar-refractivity contribution in [3.63, 3.8) is 0 Å². The molecule has 1 saturated carbocycles. The topological polar surface area (TPSA) is 70.1 Å². The van der Waals surface area contributed by atoms with Gasteiger partial charge in [0.2, 0.25) is 0 Å². The fraction of sp³-hybridized carbons (Fsp3) is 0.692. The molecular weight excluding hydrogens is 404 g/mol. The van der Waals surface area contributed by atoms with E-state index in [9.17, 15) is 9.59 Å². The van der Waals surface area contributed by atoms with Gasteiger partial charge in [0, 0.05) is 31.7 Å². The number of likely N-dealkylation sites (tertiary alicyclic amines) is 1. The summed E-state index contributed by atoms with van der Waals surface area (Å²) in [4.78, 5) is 27.9. The predicted octanol–water partition coefficient (Wildman–Crippen LogP) is 5.06. The Morgan fingerprint density at radius 2 is 1.69 bits per heavy atom. The van der Waals surface area contributed by atoms with Gasteiger partial charge in [-0.2, -0.15) is 0 Å². The number of hydrogen-bond acceptors (Lipinski definition) is 4. The van der Waals surface area contributed by atoms with E-state index in [1.165, 1.54) is 18.4 Å². The van der Waals surface area contributed by atoms with Gasteiger partial charge in [0.1, 0.15) is 5.60 Å². The molecule has 2 fully saturated rings. The molecular formula is C26H40N2O4. The normalized spacial score (nSPS) is 22.2. The summed E-state index contributed by atoms with van der Waals surface area (Å²) in [6, 6.07) is 8.46. The molecule has 1 N–H and O–H groups in total. The van der Waals surface area contributed by atoms with Crippen LogP contribution in [0.1, 0.15) is 76.2 Å². The highest BCUT2D eigenvalue weighted by atomic mass is 16.6. The van der Waals surface area contributed by atoms with Gasteiger partial charge in [-0.05, 0) is 96.3 Å². The number of carbonyl (C=O) groups excluding carboxylic acids is 1. The molecule has 1 amide bonds. The van der Waals surface area contributed by atoms with Crippen LogP contribution < -0.4 is 0 Å². The number of carboxylic acids is 1. The molecule has 0 aromatic heterocycles. The van der Waals surface area contributed by atoms with Gasteiger partial charge < -0.3 is 14.7 Å². The number of aromatic carboxylic acids is 1. The van der Waals surface area contributed by atoms with Gasteiger partial charge in [-0.1, -0.05) is 12.1 Å². The van der Waals surface area contributed by atoms with Crippen molar-refractivity contribution in [1.29, 1.82) is 0 Å². The zero-order chi connectivity index (χ0) is 23.5. The van der Waals surface area contributed by atoms with E-state index in [4.69, 9.17) is 9.84 Å². The molecule has 3 rings (SSSR count). The standard InChI is InChI=1S/C26H40N2O4/c1-18(2)28(17-20-10-12-27(13-11-20)25(31)32-26(3,4)5)23-15-21(16-23)14-19-6-8-22(9-7-19)24(29)30/h6-9,18,20-21,23H,10-17H2,1-5H3,(H,29,30). The number of amides is 1. The monoisotopic (exact) mass is 444 g/mol. The number of piperidine rings is 1. The molecule has 32 heavy (non-hydrogen) atoms. The Balaban J connectivity index is 1.44. The first-order chi connectivity index (χ1) is 15.0. The van der Waals surface area contributed by atoms with Crippen molar-refractivity contribution < 1.29 is 19.4 Å². The summed E-state index contributed by atoms with van der Waals surface area (Å²) in [7, 11) is 0. The van der Waals surface area contributed by atoms with Crippen LogP contribution in [0.4, 0.5) is 4.79 Å². The fourth-order valence-corrected chi connectivity index (χ4v) is 4.96. The molecule has 1 aliphatic carbocycles. The molecule has 1 saturated heterocycles. The first kappa shape index (κ1) is 24.6. The van der Waals surface area contributed by atoms with Crippen LogP contribution in [0.25, 0.3) is 0 Å². The zero-order valence-corrected chi connectivity index (χ0v) is 20.3. The van der Waals surface area contributed by atoms with Crippen LogP contribution in [0.5, 0.6) is 0 Å². The number of carbonyl (C=O) groups is 2. The maximum atomic E-state index is 12.3. The minimum atomic E-state index is -0.871. The van der Waals surface area contributed by atoms with Gasteiger partial charge in [-0.25, -0.2) is 9.59 Å². The van der Waals surface area contributed by atoms with Gasteiger partial charge >= 0.3 is 12.1 Å². The van der Waals surface area contributed by atoms with Crippen molar-refractivity contribution in [2.75, 3.05) is 19.6 Å². The van der Waals surface area contributed by atoms with Gasteiger partial charge in [0.05, 0.1) is 5.56 Å². The van der Waals surface area contributed by atoms with Crippen molar-refractivity contribution in [2.24, 2.45) is 11.8 Å². The molecule has 0 bridgehead atoms. The minimum absolute atomic E-state index is 0.185. The highest BCUT2D eigenvalue weighted by molar-refractivity contribution is 5.87. The smallest absolute Gasteiger partial charge is 0.410 e. The summed E-state index contributed by atoms with van der Waals surface area (Å²) < 4.78 is 5.52. The maximum absolute atomic E-state index is 12.3. The Morgan fingerprint density at radius 1 is 1.09 bits per heavy atom. The Morgan fingerprint density at radius 3 is 2.19 bits per heavy atom. The molecule has 0 unspecified atom stereocenters. The maximum Gasteiger partial charge on any atom is 0.410 e. The second-order valence-corrected chi connectivity index (χ2v) is 10.9. The van der Waals surface area contributed by atoms with E-state index in [0.29, 0.717) is 29.5 Å². The van der Waals surface area contributed by atoms with Crippen molar-refractivity contribution in [1.82, 2.24) is 9.80 Å². The van der Waals surface area contributed by atoms with E-state index in [1.54, 1.807) is 12.1 Å². The summed E-state index contributed by atoms with van der Waals surface area (Å²) in [5.74, 6) is 0.425. The molecule has 0 spiro atoms. The van der Waals surface area contributed by atoms with Gasteiger partial charge in [-0.3, -0.25) is 4.90 Å². The molecule has 178 valence electrons. The fourth-order valence-electron chi connectivity index (χ4n) is 4.96. The highest BCUT2D eigenvalue weighted by Crippen LogP contribution is 2.36. The van der Waals surface area contributed by atoms with Crippen LogP contribution in [0.2, 0.25) is 0 Å². The number of carboxylic acid groups (broad SMARTS) is 1. The van der Waals surface area contributed by atoms with E-state index < -0.39 is 11.6 Å². The average Bonchev–Trinajstić information content (AvgIpc) is 2.68. The van der Waals surface area contributed by atoms with Crippen molar-refractivity contribution >= 4 is 12.1 Å². The lowest BCUT2D eigenvalue weighted by atomic mass is 9.75. The third-order valence-electron chi connectivity index (χ3n) is 6.80. The first-order valence-corrected chi connectivity index (χ1v) is 12.1. The molecule has 1 aliphatic heterocycles. The minimum Gasteiger partial charge on any atom is -0.478 e. The molecule has 6 heteroatoms. The second kappa shape index (κ2) is 10.2. The van der Waals surface area contributed by atoms with E-state index in [0.717, 1.165) is 38.9 Å². The first-order valence-electron chi connectivity index (χ1n) is 12.1. The van der Waals surface area contributed by atoms with Crippen LogP contribution >= 0.6 is 0 Å². The molecule has 6 nitrogen and oxygen atoms in total. The summed E-state index contributed by atoms with van der Waals surface area (Å²) in [6.45, 7) is 13.0. The van der Waals surface area contributed by atoms with Crippen molar-refractivity contribution in [3.8, 4) is 0 Å². The lowest BCUT2D eigenvalue weighted by Crippen LogP contribution is -2.51. The van der Waals surface area contributed by atoms with Crippen molar-refractivity contribution in [2.45, 2.75) is 84.4 Å². The quantitative estimate of drug-likeness (QED) is 0.636. The predicted molar refractivity (Wildman–Crippen MR) is 126 cm³/mol. The van der Waals surface area contributed by atoms with Crippen LogP contribution in [0.3, 0.4) is 0 Å². The van der Waals surface area contributed by atoms with Gasteiger partial charge in [0.25, 0.3) is 0 Å². The van der Waals surface area contributed by atoms with E-state index >= 15 is 0 Å². The summed E-state index contributed by atoms with van der Waals surface area (Å²) in [5.41, 5.74) is 1.13. The molecule has 0 radical (unpaired) electrons. The summed E-state index contributed by atoms with van der Waals surface area (Å²) in [6.07, 6.45) is 5.32. The third-order valence-corrected chi connectivity index (χ3v) is 6.80. The molecule has 0 atom stereocenters. The van der Waals surface area contributed by atoms with Crippen LogP contribution in [0.15, 0.2) is 24.3 Å². The lowest BCUT2D eigenvalue weighted by molar-refractivity contribution is 0.00789. The number of ether oxygens (including phenoxy) is 1. The summed E-state index contributed by atoms with van der Waals surface area (Å²) >= 11 is 0. The van der Waals surface area contributed by atoms with Gasteiger partial charge in [0.15, 0.2) is 0 Å². The lowest BCUT2D eigenvalue weighted by Gasteiger charge is -2.47. The number of hydrogen-bond donors (Lipinski definition) is 1. The number of nitrogens with zero attached hydrogens (tertiary/aromatic N) is 2. The second-order valence-electron chi connectivity index (χ2n) is 10.9. The molecule has 1 aromatic carbocycles. The van der Waals surface area contributed by atoms with Gasteiger partial charge in [-0.15, -0.1) is 0 Å². The zero-order valence-electron chi connectivity index (χ0n) is 20.3. The average molecular weight is 445 g/mol. The van der Waals surface area contributed by atoms with Crippen molar-refractivity contribution in [3.05, 3.63) is 35.4 Å². The van der Waals surface area contributed by atoms with E-state index in [1.807, 2.05) is 37.8 Å². The Kier molecular flexibility index (Phi) is 7.86. The Bertz CT molecular complexity index is 770. The molecule has 2 aliphatic rings. The van der Waals surface area contributed by atoms with E-state index in [2.05, 4.69) is 18.7 Å². The largest absolute Gasteiger partial charge is 0.478 e.